The van der Waals surface area contributed by atoms with Gasteiger partial charge < -0.3 is 10.4 Å². The van der Waals surface area contributed by atoms with Gasteiger partial charge in [0.25, 0.3) is 0 Å². The molecule has 0 saturated heterocycles. The molecular weight excluding hydrogens is 310 g/mol. The Morgan fingerprint density at radius 2 is 2.29 bits per heavy atom. The summed E-state index contributed by atoms with van der Waals surface area (Å²) in [6, 6.07) is 0. The van der Waals surface area contributed by atoms with Crippen LogP contribution in [0.15, 0.2) is 17.7 Å². The van der Waals surface area contributed by atoms with Crippen LogP contribution < -0.4 is 5.32 Å². The van der Waals surface area contributed by atoms with E-state index >= 15 is 0 Å². The fraction of sp³-hybridized carbons (Fsp3) is 0.429. The predicted octanol–water partition coefficient (Wildman–Crippen LogP) is 2.73. The van der Waals surface area contributed by atoms with Crippen molar-refractivity contribution in [3.8, 4) is 0 Å². The molecule has 2 heterocycles. The summed E-state index contributed by atoms with van der Waals surface area (Å²) in [5.41, 5.74) is 0.103. The number of amides is 1. The summed E-state index contributed by atoms with van der Waals surface area (Å²) in [4.78, 5) is 17.0. The lowest BCUT2D eigenvalue weighted by Gasteiger charge is -2.30. The topological polar surface area (TPSA) is 66.6 Å². The third-order valence-electron chi connectivity index (χ3n) is 3.69. The Morgan fingerprint density at radius 1 is 1.57 bits per heavy atom. The first-order chi connectivity index (χ1) is 10.0. The number of fused-ring (bicyclic) bond motifs is 1. The highest BCUT2D eigenvalue weighted by molar-refractivity contribution is 7.15. The van der Waals surface area contributed by atoms with Crippen LogP contribution in [-0.2, 0) is 4.79 Å². The number of hydrogen-bond donors (Lipinski definition) is 2. The fourth-order valence-electron chi connectivity index (χ4n) is 2.07. The Kier molecular flexibility index (Phi) is 5.03. The summed E-state index contributed by atoms with van der Waals surface area (Å²) in [7, 11) is 0. The van der Waals surface area contributed by atoms with E-state index in [1.807, 2.05) is 29.8 Å². The summed E-state index contributed by atoms with van der Waals surface area (Å²) < 4.78 is 1.83. The van der Waals surface area contributed by atoms with Gasteiger partial charge in [-0.1, -0.05) is 25.4 Å². The Labute approximate surface area is 132 Å². The fourth-order valence-corrected chi connectivity index (χ4v) is 3.08. The molecule has 21 heavy (non-hydrogen) atoms. The molecule has 0 unspecified atom stereocenters. The zero-order chi connectivity index (χ0) is 15.5. The van der Waals surface area contributed by atoms with Crippen molar-refractivity contribution in [2.24, 2.45) is 0 Å². The number of carbonyl (C=O) groups is 1. The van der Waals surface area contributed by atoms with Crippen LogP contribution in [0.3, 0.4) is 0 Å². The van der Waals surface area contributed by atoms with E-state index in [1.54, 1.807) is 6.08 Å². The minimum absolute atomic E-state index is 0.0816. The molecule has 1 amide bonds. The molecule has 114 valence electrons. The van der Waals surface area contributed by atoms with Crippen molar-refractivity contribution in [1.29, 1.82) is 0 Å². The number of aliphatic hydroxyl groups excluding tert-OH is 1. The third kappa shape index (κ3) is 3.28. The van der Waals surface area contributed by atoms with E-state index in [9.17, 15) is 9.90 Å². The number of carbonyl (C=O) groups excluding carboxylic acids is 1. The van der Waals surface area contributed by atoms with Crippen LogP contribution in [0, 0.1) is 0 Å². The van der Waals surface area contributed by atoms with Crippen molar-refractivity contribution < 1.29 is 9.90 Å². The van der Waals surface area contributed by atoms with Gasteiger partial charge in [0.2, 0.25) is 5.91 Å². The van der Waals surface area contributed by atoms with Crippen LogP contribution >= 0.6 is 22.9 Å². The summed E-state index contributed by atoms with van der Waals surface area (Å²) in [5.74, 6) is -0.256. The Balaban J connectivity index is 2.15. The molecule has 2 N–H and O–H groups in total. The summed E-state index contributed by atoms with van der Waals surface area (Å²) >= 11 is 7.54. The first kappa shape index (κ1) is 16.0. The maximum atomic E-state index is 12.0. The number of hydrogen-bond acceptors (Lipinski definition) is 4. The van der Waals surface area contributed by atoms with E-state index in [1.165, 1.54) is 17.4 Å². The SMILES string of the molecule is CCC(CC)(CO)NC(=O)C=Cc1c(Cl)nc2sccn12. The number of aromatic nitrogens is 2. The van der Waals surface area contributed by atoms with E-state index in [0.29, 0.717) is 23.7 Å². The second-order valence-corrected chi connectivity index (χ2v) is 6.04. The van der Waals surface area contributed by atoms with Gasteiger partial charge in [0.1, 0.15) is 0 Å². The van der Waals surface area contributed by atoms with Crippen molar-refractivity contribution >= 4 is 39.9 Å². The first-order valence-corrected chi connectivity index (χ1v) is 8.03. The van der Waals surface area contributed by atoms with E-state index < -0.39 is 5.54 Å². The van der Waals surface area contributed by atoms with Crippen molar-refractivity contribution in [1.82, 2.24) is 14.7 Å². The molecule has 7 heteroatoms. The minimum atomic E-state index is -0.569. The lowest BCUT2D eigenvalue weighted by Crippen LogP contribution is -2.49. The molecule has 0 saturated carbocycles. The normalized spacial score (nSPS) is 12.4. The highest BCUT2D eigenvalue weighted by atomic mass is 35.5. The van der Waals surface area contributed by atoms with Gasteiger partial charge in [-0.2, -0.15) is 0 Å². The monoisotopic (exact) mass is 327 g/mol. The highest BCUT2D eigenvalue weighted by Crippen LogP contribution is 2.22. The van der Waals surface area contributed by atoms with Crippen LogP contribution in [-0.4, -0.2) is 32.5 Å². The summed E-state index contributed by atoms with van der Waals surface area (Å²) in [5, 5.41) is 14.6. The molecule has 5 nitrogen and oxygen atoms in total. The minimum Gasteiger partial charge on any atom is -0.394 e. The van der Waals surface area contributed by atoms with Crippen molar-refractivity contribution in [2.75, 3.05) is 6.61 Å². The van der Waals surface area contributed by atoms with Crippen LogP contribution in [0.2, 0.25) is 5.15 Å². The predicted molar refractivity (Wildman–Crippen MR) is 85.7 cm³/mol. The van der Waals surface area contributed by atoms with Crippen LogP contribution in [0.1, 0.15) is 32.4 Å². The van der Waals surface area contributed by atoms with Crippen LogP contribution in [0.4, 0.5) is 0 Å². The maximum absolute atomic E-state index is 12.0. The molecule has 0 atom stereocenters. The van der Waals surface area contributed by atoms with Gasteiger partial charge in [-0.15, -0.1) is 11.3 Å². The number of rotatable bonds is 6. The van der Waals surface area contributed by atoms with E-state index in [0.717, 1.165) is 4.96 Å². The molecule has 0 radical (unpaired) electrons. The van der Waals surface area contributed by atoms with Gasteiger partial charge in [0.05, 0.1) is 17.8 Å². The van der Waals surface area contributed by atoms with E-state index in [4.69, 9.17) is 11.6 Å². The number of imidazole rings is 1. The van der Waals surface area contributed by atoms with Crippen LogP contribution in [0.25, 0.3) is 11.0 Å². The molecule has 0 aliphatic heterocycles. The van der Waals surface area contributed by atoms with E-state index in [-0.39, 0.29) is 12.5 Å². The van der Waals surface area contributed by atoms with Gasteiger partial charge in [-0.25, -0.2) is 4.98 Å². The first-order valence-electron chi connectivity index (χ1n) is 6.77. The largest absolute Gasteiger partial charge is 0.394 e. The van der Waals surface area contributed by atoms with Crippen molar-refractivity contribution in [2.45, 2.75) is 32.2 Å². The molecule has 2 rings (SSSR count). The average Bonchev–Trinajstić information content (AvgIpc) is 3.03. The molecule has 0 aliphatic rings. The smallest absolute Gasteiger partial charge is 0.244 e. The lowest BCUT2D eigenvalue weighted by atomic mass is 9.94. The van der Waals surface area contributed by atoms with Gasteiger partial charge in [-0.05, 0) is 18.9 Å². The average molecular weight is 328 g/mol. The number of aliphatic hydroxyl groups is 1. The van der Waals surface area contributed by atoms with Gasteiger partial charge in [0, 0.05) is 17.7 Å². The molecular formula is C14H18ClN3O2S. The molecule has 0 bridgehead atoms. The molecule has 0 aliphatic carbocycles. The number of halogens is 1. The number of nitrogens with zero attached hydrogens (tertiary/aromatic N) is 2. The van der Waals surface area contributed by atoms with Gasteiger partial charge >= 0.3 is 0 Å². The lowest BCUT2D eigenvalue weighted by molar-refractivity contribution is -0.119. The molecule has 0 spiro atoms. The summed E-state index contributed by atoms with van der Waals surface area (Å²) in [6.07, 6.45) is 6.25. The number of thiazole rings is 1. The number of nitrogens with one attached hydrogen (secondary N) is 1. The van der Waals surface area contributed by atoms with Crippen molar-refractivity contribution in [3.63, 3.8) is 0 Å². The second-order valence-electron chi connectivity index (χ2n) is 4.81. The van der Waals surface area contributed by atoms with Crippen molar-refractivity contribution in [3.05, 3.63) is 28.5 Å². The quantitative estimate of drug-likeness (QED) is 0.802. The Bertz CT molecular complexity index is 650. The molecule has 0 aromatic carbocycles. The van der Waals surface area contributed by atoms with E-state index in [2.05, 4.69) is 10.3 Å². The van der Waals surface area contributed by atoms with Gasteiger partial charge in [0.15, 0.2) is 10.1 Å². The molecule has 0 fully saturated rings. The molecule has 2 aromatic heterocycles. The zero-order valence-corrected chi connectivity index (χ0v) is 13.5. The highest BCUT2D eigenvalue weighted by Gasteiger charge is 2.26. The molecule has 2 aromatic rings. The third-order valence-corrected chi connectivity index (χ3v) is 4.73. The summed E-state index contributed by atoms with van der Waals surface area (Å²) in [6.45, 7) is 3.79. The Morgan fingerprint density at radius 3 is 2.90 bits per heavy atom. The second kappa shape index (κ2) is 6.60. The Hall–Kier alpha value is -1.37. The van der Waals surface area contributed by atoms with Crippen LogP contribution in [0.5, 0.6) is 0 Å². The standard InChI is InChI=1S/C14H18ClN3O2S/c1-3-14(4-2,9-19)17-11(20)6-5-10-12(15)16-13-18(10)7-8-21-13/h5-8,19H,3-4,9H2,1-2H3,(H,17,20). The van der Waals surface area contributed by atoms with Gasteiger partial charge in [-0.3, -0.25) is 9.20 Å². The maximum Gasteiger partial charge on any atom is 0.244 e. The zero-order valence-electron chi connectivity index (χ0n) is 12.0.